The molecule has 0 spiro atoms. The molecule has 3 nitrogen and oxygen atoms in total. The molecule has 0 aromatic carbocycles. The van der Waals surface area contributed by atoms with Gasteiger partial charge in [0.25, 0.3) is 0 Å². The highest BCUT2D eigenvalue weighted by molar-refractivity contribution is 5.59. The average molecular weight is 306 g/mol. The Morgan fingerprint density at radius 3 is 1.90 bits per heavy atom. The highest BCUT2D eigenvalue weighted by Gasteiger charge is 2.35. The topological polar surface area (TPSA) is 23.6 Å². The highest BCUT2D eigenvalue weighted by Crippen LogP contribution is 2.34. The number of aldehydes is 1. The van der Waals surface area contributed by atoms with Crippen LogP contribution in [0, 0.1) is 5.41 Å². The standard InChI is InChI=1S/C15H25F3N2O/c16-15(17,18)12-20-9-7-19(8-10-20)11-14(13-21)5-3-1-2-4-6-14/h13H,1-12H2. The molecule has 122 valence electrons. The summed E-state index contributed by atoms with van der Waals surface area (Å²) in [7, 11) is 0. The summed E-state index contributed by atoms with van der Waals surface area (Å²) in [4.78, 5) is 15.2. The van der Waals surface area contributed by atoms with Crippen molar-refractivity contribution in [3.8, 4) is 0 Å². The number of hydrogen-bond donors (Lipinski definition) is 0. The molecule has 0 unspecified atom stereocenters. The lowest BCUT2D eigenvalue weighted by Crippen LogP contribution is -2.52. The van der Waals surface area contributed by atoms with Gasteiger partial charge in [0, 0.05) is 38.1 Å². The summed E-state index contributed by atoms with van der Waals surface area (Å²) in [6.45, 7) is 2.04. The number of hydrogen-bond acceptors (Lipinski definition) is 3. The highest BCUT2D eigenvalue weighted by atomic mass is 19.4. The molecular weight excluding hydrogens is 281 g/mol. The maximum Gasteiger partial charge on any atom is 0.401 e. The monoisotopic (exact) mass is 306 g/mol. The van der Waals surface area contributed by atoms with Crippen molar-refractivity contribution in [2.75, 3.05) is 39.3 Å². The van der Waals surface area contributed by atoms with E-state index in [1.807, 2.05) is 0 Å². The van der Waals surface area contributed by atoms with Crippen LogP contribution in [0.4, 0.5) is 13.2 Å². The van der Waals surface area contributed by atoms with Crippen molar-refractivity contribution in [3.63, 3.8) is 0 Å². The molecule has 0 aromatic heterocycles. The molecule has 1 saturated carbocycles. The van der Waals surface area contributed by atoms with Crippen molar-refractivity contribution < 1.29 is 18.0 Å². The minimum absolute atomic E-state index is 0.261. The van der Waals surface area contributed by atoms with Crippen molar-refractivity contribution >= 4 is 6.29 Å². The van der Waals surface area contributed by atoms with Crippen LogP contribution in [0.25, 0.3) is 0 Å². The van der Waals surface area contributed by atoms with Crippen LogP contribution < -0.4 is 0 Å². The first-order chi connectivity index (χ1) is 9.92. The predicted octanol–water partition coefficient (Wildman–Crippen LogP) is 2.71. The van der Waals surface area contributed by atoms with Gasteiger partial charge in [-0.3, -0.25) is 9.80 Å². The Balaban J connectivity index is 1.83. The molecule has 1 aliphatic heterocycles. The fourth-order valence-corrected chi connectivity index (χ4v) is 3.55. The number of piperazine rings is 1. The van der Waals surface area contributed by atoms with E-state index in [0.717, 1.165) is 38.5 Å². The third-order valence-electron chi connectivity index (χ3n) is 4.76. The van der Waals surface area contributed by atoms with Gasteiger partial charge in [-0.1, -0.05) is 25.7 Å². The zero-order valence-electron chi connectivity index (χ0n) is 12.5. The number of nitrogens with zero attached hydrogens (tertiary/aromatic N) is 2. The van der Waals surface area contributed by atoms with Gasteiger partial charge in [-0.25, -0.2) is 0 Å². The molecule has 1 saturated heterocycles. The minimum atomic E-state index is -4.12. The van der Waals surface area contributed by atoms with Gasteiger partial charge in [-0.05, 0) is 12.8 Å². The largest absolute Gasteiger partial charge is 0.401 e. The summed E-state index contributed by atoms with van der Waals surface area (Å²) >= 11 is 0. The van der Waals surface area contributed by atoms with Crippen LogP contribution in [0.15, 0.2) is 0 Å². The van der Waals surface area contributed by atoms with Gasteiger partial charge in [0.05, 0.1) is 6.54 Å². The molecule has 0 bridgehead atoms. The van der Waals surface area contributed by atoms with E-state index in [-0.39, 0.29) is 5.41 Å². The molecule has 0 N–H and O–H groups in total. The molecule has 6 heteroatoms. The number of alkyl halides is 3. The predicted molar refractivity (Wildman–Crippen MR) is 75.1 cm³/mol. The van der Waals surface area contributed by atoms with Crippen molar-refractivity contribution in [1.82, 2.24) is 9.80 Å². The van der Waals surface area contributed by atoms with Crippen molar-refractivity contribution in [1.29, 1.82) is 0 Å². The Kier molecular flexibility index (Phi) is 5.66. The van der Waals surface area contributed by atoms with Crippen molar-refractivity contribution in [2.45, 2.75) is 44.7 Å². The van der Waals surface area contributed by atoms with E-state index in [2.05, 4.69) is 4.90 Å². The van der Waals surface area contributed by atoms with Crippen molar-refractivity contribution in [3.05, 3.63) is 0 Å². The molecule has 2 aliphatic rings. The average Bonchev–Trinajstić information content (AvgIpc) is 2.66. The lowest BCUT2D eigenvalue weighted by atomic mass is 9.81. The molecule has 0 aromatic rings. The Bertz CT molecular complexity index is 330. The normalized spacial score (nSPS) is 25.5. The first kappa shape index (κ1) is 16.7. The van der Waals surface area contributed by atoms with Crippen LogP contribution in [0.5, 0.6) is 0 Å². The van der Waals surface area contributed by atoms with Gasteiger partial charge in [0.2, 0.25) is 0 Å². The molecule has 2 fully saturated rings. The summed E-state index contributed by atoms with van der Waals surface area (Å²) in [5.41, 5.74) is -0.261. The number of halogens is 3. The van der Waals surface area contributed by atoms with Gasteiger partial charge < -0.3 is 4.79 Å². The van der Waals surface area contributed by atoms with E-state index in [0.29, 0.717) is 26.2 Å². The minimum Gasteiger partial charge on any atom is -0.303 e. The second-order valence-corrected chi connectivity index (χ2v) is 6.56. The van der Waals surface area contributed by atoms with Crippen molar-refractivity contribution in [2.24, 2.45) is 5.41 Å². The molecule has 0 radical (unpaired) electrons. The van der Waals surface area contributed by atoms with Crippen LogP contribution in [0.3, 0.4) is 0 Å². The molecule has 0 atom stereocenters. The second kappa shape index (κ2) is 7.09. The van der Waals surface area contributed by atoms with Crippen LogP contribution in [0.1, 0.15) is 38.5 Å². The summed E-state index contributed by atoms with van der Waals surface area (Å²) in [5.74, 6) is 0. The zero-order valence-corrected chi connectivity index (χ0v) is 12.5. The SMILES string of the molecule is O=CC1(CN2CCN(CC(F)(F)F)CC2)CCCCCC1. The summed E-state index contributed by atoms with van der Waals surface area (Å²) in [5, 5.41) is 0. The lowest BCUT2D eigenvalue weighted by Gasteiger charge is -2.39. The van der Waals surface area contributed by atoms with Crippen LogP contribution in [-0.4, -0.2) is 61.5 Å². The Morgan fingerprint density at radius 2 is 1.43 bits per heavy atom. The third kappa shape index (κ3) is 5.25. The van der Waals surface area contributed by atoms with E-state index in [9.17, 15) is 18.0 Å². The van der Waals surface area contributed by atoms with E-state index in [1.54, 1.807) is 0 Å². The molecule has 2 rings (SSSR count). The fourth-order valence-electron chi connectivity index (χ4n) is 3.55. The van der Waals surface area contributed by atoms with Gasteiger partial charge in [-0.2, -0.15) is 13.2 Å². The first-order valence-electron chi connectivity index (χ1n) is 7.90. The lowest BCUT2D eigenvalue weighted by molar-refractivity contribution is -0.149. The van der Waals surface area contributed by atoms with E-state index < -0.39 is 12.7 Å². The Morgan fingerprint density at radius 1 is 0.905 bits per heavy atom. The Hall–Kier alpha value is -0.620. The summed E-state index contributed by atoms with van der Waals surface area (Å²) in [6, 6.07) is 0. The summed E-state index contributed by atoms with van der Waals surface area (Å²) in [6.07, 6.45) is 3.41. The molecular formula is C15H25F3N2O. The van der Waals surface area contributed by atoms with Crippen LogP contribution in [-0.2, 0) is 4.79 Å². The van der Waals surface area contributed by atoms with E-state index in [1.165, 1.54) is 17.7 Å². The van der Waals surface area contributed by atoms with E-state index >= 15 is 0 Å². The quantitative estimate of drug-likeness (QED) is 0.589. The molecule has 0 amide bonds. The zero-order chi connectivity index (χ0) is 15.3. The number of carbonyl (C=O) groups is 1. The van der Waals surface area contributed by atoms with Crippen LogP contribution >= 0.6 is 0 Å². The third-order valence-corrected chi connectivity index (χ3v) is 4.76. The van der Waals surface area contributed by atoms with Gasteiger partial charge in [-0.15, -0.1) is 0 Å². The fraction of sp³-hybridized carbons (Fsp3) is 0.933. The second-order valence-electron chi connectivity index (χ2n) is 6.56. The van der Waals surface area contributed by atoms with E-state index in [4.69, 9.17) is 0 Å². The van der Waals surface area contributed by atoms with Gasteiger partial charge >= 0.3 is 6.18 Å². The maximum atomic E-state index is 12.4. The summed E-state index contributed by atoms with van der Waals surface area (Å²) < 4.78 is 37.1. The van der Waals surface area contributed by atoms with Crippen LogP contribution in [0.2, 0.25) is 0 Å². The maximum absolute atomic E-state index is 12.4. The Labute approximate surface area is 124 Å². The number of carbonyl (C=O) groups excluding carboxylic acids is 1. The molecule has 21 heavy (non-hydrogen) atoms. The van der Waals surface area contributed by atoms with Gasteiger partial charge in [0.15, 0.2) is 0 Å². The van der Waals surface area contributed by atoms with Gasteiger partial charge in [0.1, 0.15) is 6.29 Å². The molecule has 1 aliphatic carbocycles. The number of rotatable bonds is 4. The first-order valence-corrected chi connectivity index (χ1v) is 7.90. The molecule has 1 heterocycles. The smallest absolute Gasteiger partial charge is 0.303 e.